The highest BCUT2D eigenvalue weighted by atomic mass is 16.7. The molecule has 0 radical (unpaired) electrons. The van der Waals surface area contributed by atoms with Gasteiger partial charge in [-0.15, -0.1) is 0 Å². The normalized spacial score (nSPS) is 17.4. The van der Waals surface area contributed by atoms with Crippen molar-refractivity contribution in [2.75, 3.05) is 6.61 Å². The van der Waals surface area contributed by atoms with Gasteiger partial charge in [0, 0.05) is 0 Å². The van der Waals surface area contributed by atoms with Gasteiger partial charge in [0.05, 0.1) is 19.8 Å². The first-order chi connectivity index (χ1) is 9.92. The summed E-state index contributed by atoms with van der Waals surface area (Å²) in [5.41, 5.74) is 2.28. The molecule has 1 heterocycles. The average molecular weight is 270 g/mol. The number of ether oxygens (including phenoxy) is 3. The quantitative estimate of drug-likeness (QED) is 0.572. The summed E-state index contributed by atoms with van der Waals surface area (Å²) in [5, 5.41) is 0. The Hall–Kier alpha value is -1.68. The van der Waals surface area contributed by atoms with Crippen LogP contribution in [-0.2, 0) is 27.4 Å². The Morgan fingerprint density at radius 1 is 0.850 bits per heavy atom. The molecular formula is C17H18O3. The van der Waals surface area contributed by atoms with E-state index in [-0.39, 0.29) is 12.4 Å². The first-order valence-electron chi connectivity index (χ1n) is 6.84. The molecule has 0 unspecified atom stereocenters. The van der Waals surface area contributed by atoms with Gasteiger partial charge in [-0.2, -0.15) is 0 Å². The Labute approximate surface area is 119 Å². The summed E-state index contributed by atoms with van der Waals surface area (Å²) in [4.78, 5) is 0. The van der Waals surface area contributed by atoms with Gasteiger partial charge in [0.1, 0.15) is 6.10 Å². The van der Waals surface area contributed by atoms with E-state index in [4.69, 9.17) is 14.2 Å². The van der Waals surface area contributed by atoms with E-state index in [0.29, 0.717) is 19.8 Å². The smallest absolute Gasteiger partial charge is 0.186 e. The lowest BCUT2D eigenvalue weighted by atomic mass is 10.2. The Bertz CT molecular complexity index is 465. The maximum Gasteiger partial charge on any atom is 0.186 e. The molecule has 0 N–H and O–H groups in total. The van der Waals surface area contributed by atoms with Gasteiger partial charge in [-0.3, -0.25) is 0 Å². The molecule has 0 amide bonds. The molecule has 0 aromatic heterocycles. The Morgan fingerprint density at radius 2 is 1.30 bits per heavy atom. The van der Waals surface area contributed by atoms with Crippen LogP contribution in [0.1, 0.15) is 11.1 Å². The molecule has 0 aliphatic carbocycles. The van der Waals surface area contributed by atoms with Crippen molar-refractivity contribution in [3.63, 3.8) is 0 Å². The molecule has 1 aliphatic rings. The third kappa shape index (κ3) is 3.90. The molecule has 0 saturated carbocycles. The van der Waals surface area contributed by atoms with Crippen LogP contribution in [0, 0.1) is 0 Å². The lowest BCUT2D eigenvalue weighted by molar-refractivity contribution is -0.167. The summed E-state index contributed by atoms with van der Waals surface area (Å²) in [5.74, 6) is 0. The van der Waals surface area contributed by atoms with Gasteiger partial charge in [0.2, 0.25) is 0 Å². The van der Waals surface area contributed by atoms with E-state index >= 15 is 0 Å². The molecule has 104 valence electrons. The highest BCUT2D eigenvalue weighted by Crippen LogP contribution is 2.20. The number of rotatable bonds is 7. The molecule has 3 nitrogen and oxygen atoms in total. The molecule has 1 saturated heterocycles. The van der Waals surface area contributed by atoms with Gasteiger partial charge >= 0.3 is 0 Å². The van der Waals surface area contributed by atoms with Crippen LogP contribution in [0.15, 0.2) is 60.7 Å². The molecule has 2 aromatic rings. The van der Waals surface area contributed by atoms with Crippen LogP contribution in [0.2, 0.25) is 0 Å². The van der Waals surface area contributed by atoms with Crippen molar-refractivity contribution in [3.05, 3.63) is 71.8 Å². The fraction of sp³-hybridized carbons (Fsp3) is 0.294. The lowest BCUT2D eigenvalue weighted by Crippen LogP contribution is -2.23. The summed E-state index contributed by atoms with van der Waals surface area (Å²) in [6.45, 7) is 1.80. The van der Waals surface area contributed by atoms with Crippen LogP contribution in [0.4, 0.5) is 0 Å². The second kappa shape index (κ2) is 6.66. The van der Waals surface area contributed by atoms with Gasteiger partial charge < -0.3 is 14.2 Å². The number of epoxide rings is 1. The Balaban J connectivity index is 1.51. The van der Waals surface area contributed by atoms with Crippen molar-refractivity contribution in [2.24, 2.45) is 0 Å². The van der Waals surface area contributed by atoms with Crippen molar-refractivity contribution in [3.8, 4) is 0 Å². The molecule has 0 bridgehead atoms. The second-order valence-electron chi connectivity index (χ2n) is 4.83. The van der Waals surface area contributed by atoms with E-state index in [1.165, 1.54) is 0 Å². The third-order valence-electron chi connectivity index (χ3n) is 3.18. The largest absolute Gasteiger partial charge is 0.368 e. The van der Waals surface area contributed by atoms with Crippen molar-refractivity contribution < 1.29 is 14.2 Å². The van der Waals surface area contributed by atoms with Crippen molar-refractivity contribution in [2.45, 2.75) is 25.6 Å². The van der Waals surface area contributed by atoms with Gasteiger partial charge in [0.25, 0.3) is 0 Å². The molecule has 0 spiro atoms. The maximum atomic E-state index is 5.83. The number of benzene rings is 2. The fourth-order valence-corrected chi connectivity index (χ4v) is 1.98. The minimum Gasteiger partial charge on any atom is -0.368 e. The van der Waals surface area contributed by atoms with E-state index in [2.05, 4.69) is 0 Å². The SMILES string of the molecule is c1ccc(COC(OCc2ccccc2)[C@@H]2CO2)cc1. The molecular weight excluding hydrogens is 252 g/mol. The van der Waals surface area contributed by atoms with Crippen LogP contribution in [0.25, 0.3) is 0 Å². The predicted molar refractivity (Wildman–Crippen MR) is 76.0 cm³/mol. The minimum atomic E-state index is -0.296. The predicted octanol–water partition coefficient (Wildman–Crippen LogP) is 3.14. The standard InChI is InChI=1S/C17H18O3/c1-3-7-14(8-4-1)11-19-17(16-13-18-16)20-12-15-9-5-2-6-10-15/h1-10,16-17H,11-13H2/t16-/m0/s1. The summed E-state index contributed by atoms with van der Waals surface area (Å²) in [6, 6.07) is 20.2. The summed E-state index contributed by atoms with van der Waals surface area (Å²) >= 11 is 0. The van der Waals surface area contributed by atoms with E-state index in [1.54, 1.807) is 0 Å². The Morgan fingerprint density at radius 3 is 1.70 bits per heavy atom. The van der Waals surface area contributed by atoms with Crippen LogP contribution in [0.5, 0.6) is 0 Å². The van der Waals surface area contributed by atoms with Gasteiger partial charge in [-0.1, -0.05) is 60.7 Å². The van der Waals surface area contributed by atoms with Crippen molar-refractivity contribution in [1.29, 1.82) is 0 Å². The highest BCUT2D eigenvalue weighted by Gasteiger charge is 2.34. The molecule has 1 fully saturated rings. The van der Waals surface area contributed by atoms with E-state index in [0.717, 1.165) is 11.1 Å². The van der Waals surface area contributed by atoms with Crippen LogP contribution in [-0.4, -0.2) is 19.0 Å². The molecule has 3 rings (SSSR count). The summed E-state index contributed by atoms with van der Waals surface area (Å²) in [7, 11) is 0. The van der Waals surface area contributed by atoms with Crippen molar-refractivity contribution in [1.82, 2.24) is 0 Å². The summed E-state index contributed by atoms with van der Waals surface area (Å²) in [6.07, 6.45) is -0.224. The minimum absolute atomic E-state index is 0.0717. The van der Waals surface area contributed by atoms with Gasteiger partial charge in [0.15, 0.2) is 6.29 Å². The molecule has 3 heteroatoms. The van der Waals surface area contributed by atoms with Crippen LogP contribution < -0.4 is 0 Å². The Kier molecular flexibility index (Phi) is 4.43. The molecule has 20 heavy (non-hydrogen) atoms. The molecule has 1 atom stereocenters. The highest BCUT2D eigenvalue weighted by molar-refractivity contribution is 5.14. The zero-order chi connectivity index (χ0) is 13.6. The first-order valence-corrected chi connectivity index (χ1v) is 6.84. The molecule has 1 aliphatic heterocycles. The third-order valence-corrected chi connectivity index (χ3v) is 3.18. The van der Waals surface area contributed by atoms with Crippen LogP contribution >= 0.6 is 0 Å². The monoisotopic (exact) mass is 270 g/mol. The first kappa shape index (κ1) is 13.3. The van der Waals surface area contributed by atoms with E-state index < -0.39 is 0 Å². The van der Waals surface area contributed by atoms with Gasteiger partial charge in [-0.25, -0.2) is 0 Å². The topological polar surface area (TPSA) is 31.0 Å². The lowest BCUT2D eigenvalue weighted by Gasteiger charge is -2.16. The zero-order valence-corrected chi connectivity index (χ0v) is 11.3. The van der Waals surface area contributed by atoms with Crippen molar-refractivity contribution >= 4 is 0 Å². The van der Waals surface area contributed by atoms with Gasteiger partial charge in [-0.05, 0) is 11.1 Å². The zero-order valence-electron chi connectivity index (χ0n) is 11.3. The second-order valence-corrected chi connectivity index (χ2v) is 4.83. The van der Waals surface area contributed by atoms with Crippen LogP contribution in [0.3, 0.4) is 0 Å². The van der Waals surface area contributed by atoms with E-state index in [9.17, 15) is 0 Å². The number of hydrogen-bond acceptors (Lipinski definition) is 3. The van der Waals surface area contributed by atoms with E-state index in [1.807, 2.05) is 60.7 Å². The molecule has 2 aromatic carbocycles. The summed E-state index contributed by atoms with van der Waals surface area (Å²) < 4.78 is 17.0. The number of hydrogen-bond donors (Lipinski definition) is 0. The average Bonchev–Trinajstić information content (AvgIpc) is 3.34. The maximum absolute atomic E-state index is 5.83. The fourth-order valence-electron chi connectivity index (χ4n) is 1.98.